The molecule has 0 unspecified atom stereocenters. The van der Waals surface area contributed by atoms with Crippen molar-refractivity contribution in [3.05, 3.63) is 15.5 Å². The molecular weight excluding hydrogens is 310 g/mol. The van der Waals surface area contributed by atoms with E-state index in [2.05, 4.69) is 20.3 Å². The van der Waals surface area contributed by atoms with Gasteiger partial charge >= 0.3 is 0 Å². The largest absolute Gasteiger partial charge is 0.238 e. The molecular formula is C7H7BrClNO2S2. The molecule has 0 aromatic carbocycles. The Balaban J connectivity index is 2.25. The van der Waals surface area contributed by atoms with Gasteiger partial charge in [-0.2, -0.15) is 4.37 Å². The van der Waals surface area contributed by atoms with Gasteiger partial charge in [0.2, 0.25) is 9.05 Å². The van der Waals surface area contributed by atoms with Crippen LogP contribution in [-0.4, -0.2) is 17.5 Å². The Kier molecular flexibility index (Phi) is 2.66. The minimum absolute atomic E-state index is 0.476. The number of aromatic nitrogens is 1. The van der Waals surface area contributed by atoms with Crippen LogP contribution in [0.4, 0.5) is 0 Å². The van der Waals surface area contributed by atoms with Crippen LogP contribution in [0.15, 0.2) is 10.7 Å². The molecule has 14 heavy (non-hydrogen) atoms. The SMILES string of the molecule is O=S(=O)(Cl)C1(Cc2sncc2Br)CC1. The van der Waals surface area contributed by atoms with E-state index < -0.39 is 13.8 Å². The second-order valence-electron chi connectivity index (χ2n) is 3.39. The highest BCUT2D eigenvalue weighted by atomic mass is 79.9. The number of nitrogens with zero attached hydrogens (tertiary/aromatic N) is 1. The van der Waals surface area contributed by atoms with Gasteiger partial charge in [0.25, 0.3) is 0 Å². The molecule has 0 amide bonds. The lowest BCUT2D eigenvalue weighted by atomic mass is 10.2. The maximum atomic E-state index is 11.3. The first-order chi connectivity index (χ1) is 6.45. The summed E-state index contributed by atoms with van der Waals surface area (Å²) in [6.07, 6.45) is 3.47. The van der Waals surface area contributed by atoms with Gasteiger partial charge in [-0.3, -0.25) is 0 Å². The Morgan fingerprint density at radius 1 is 1.64 bits per heavy atom. The summed E-state index contributed by atoms with van der Waals surface area (Å²) < 4.78 is 26.7. The minimum atomic E-state index is -3.45. The van der Waals surface area contributed by atoms with Crippen molar-refractivity contribution in [1.29, 1.82) is 0 Å². The molecule has 1 saturated carbocycles. The third kappa shape index (κ3) is 1.85. The standard InChI is InChI=1S/C7H7BrClNO2S2/c8-5-4-10-13-6(5)3-7(1-2-7)14(9,11)12/h4H,1-3H2. The molecule has 0 aliphatic heterocycles. The second kappa shape index (κ2) is 3.43. The molecule has 1 aromatic heterocycles. The van der Waals surface area contributed by atoms with Gasteiger partial charge in [0.15, 0.2) is 0 Å². The highest BCUT2D eigenvalue weighted by Gasteiger charge is 2.54. The maximum Gasteiger partial charge on any atom is 0.238 e. The van der Waals surface area contributed by atoms with Crippen LogP contribution in [0.3, 0.4) is 0 Å². The smallest absolute Gasteiger partial charge is 0.212 e. The van der Waals surface area contributed by atoms with E-state index >= 15 is 0 Å². The molecule has 0 N–H and O–H groups in total. The van der Waals surface area contributed by atoms with Gasteiger partial charge in [-0.25, -0.2) is 8.42 Å². The zero-order chi connectivity index (χ0) is 10.4. The molecule has 1 fully saturated rings. The van der Waals surface area contributed by atoms with Crippen molar-refractivity contribution in [3.63, 3.8) is 0 Å². The van der Waals surface area contributed by atoms with Crippen molar-refractivity contribution < 1.29 is 8.42 Å². The Morgan fingerprint density at radius 3 is 2.64 bits per heavy atom. The lowest BCUT2D eigenvalue weighted by Crippen LogP contribution is -2.20. The summed E-state index contributed by atoms with van der Waals surface area (Å²) >= 11 is 4.64. The van der Waals surface area contributed by atoms with E-state index in [9.17, 15) is 8.42 Å². The summed E-state index contributed by atoms with van der Waals surface area (Å²) in [6, 6.07) is 0. The molecule has 0 bridgehead atoms. The highest BCUT2D eigenvalue weighted by molar-refractivity contribution is 9.10. The molecule has 3 nitrogen and oxygen atoms in total. The van der Waals surface area contributed by atoms with Gasteiger partial charge in [0.1, 0.15) is 0 Å². The van der Waals surface area contributed by atoms with Crippen LogP contribution in [0.25, 0.3) is 0 Å². The van der Waals surface area contributed by atoms with Crippen LogP contribution >= 0.6 is 38.1 Å². The van der Waals surface area contributed by atoms with Gasteiger partial charge in [-0.05, 0) is 40.3 Å². The lowest BCUT2D eigenvalue weighted by molar-refractivity contribution is 0.590. The average Bonchev–Trinajstić information content (AvgIpc) is 2.73. The van der Waals surface area contributed by atoms with Crippen LogP contribution in [0.5, 0.6) is 0 Å². The van der Waals surface area contributed by atoms with Crippen molar-refractivity contribution in [2.45, 2.75) is 24.0 Å². The summed E-state index contributed by atoms with van der Waals surface area (Å²) in [5.41, 5.74) is 0. The predicted molar refractivity (Wildman–Crippen MR) is 60.3 cm³/mol. The van der Waals surface area contributed by atoms with Crippen molar-refractivity contribution in [3.8, 4) is 0 Å². The summed E-state index contributed by atoms with van der Waals surface area (Å²) in [7, 11) is 1.94. The minimum Gasteiger partial charge on any atom is -0.212 e. The Bertz CT molecular complexity index is 452. The van der Waals surface area contributed by atoms with Gasteiger partial charge in [0.05, 0.1) is 15.4 Å². The van der Waals surface area contributed by atoms with Gasteiger partial charge in [-0.1, -0.05) is 0 Å². The maximum absolute atomic E-state index is 11.3. The van der Waals surface area contributed by atoms with E-state index in [0.29, 0.717) is 19.3 Å². The number of hydrogen-bond donors (Lipinski definition) is 0. The van der Waals surface area contributed by atoms with Crippen LogP contribution in [-0.2, 0) is 15.5 Å². The van der Waals surface area contributed by atoms with Crippen LogP contribution < -0.4 is 0 Å². The second-order valence-corrected chi connectivity index (χ2v) is 8.10. The monoisotopic (exact) mass is 315 g/mol. The quantitative estimate of drug-likeness (QED) is 0.805. The van der Waals surface area contributed by atoms with E-state index in [1.807, 2.05) is 0 Å². The molecule has 0 radical (unpaired) electrons. The summed E-state index contributed by atoms with van der Waals surface area (Å²) in [5, 5.41) is 0. The first-order valence-electron chi connectivity index (χ1n) is 3.98. The van der Waals surface area contributed by atoms with E-state index in [1.54, 1.807) is 6.20 Å². The van der Waals surface area contributed by atoms with Crippen molar-refractivity contribution >= 4 is 47.2 Å². The number of hydrogen-bond acceptors (Lipinski definition) is 4. The van der Waals surface area contributed by atoms with Crippen LogP contribution in [0.2, 0.25) is 0 Å². The average molecular weight is 317 g/mol. The fraction of sp³-hybridized carbons (Fsp3) is 0.571. The molecule has 78 valence electrons. The van der Waals surface area contributed by atoms with Crippen molar-refractivity contribution in [2.75, 3.05) is 0 Å². The van der Waals surface area contributed by atoms with Crippen molar-refractivity contribution in [1.82, 2.24) is 4.37 Å². The highest BCUT2D eigenvalue weighted by Crippen LogP contribution is 2.49. The first-order valence-corrected chi connectivity index (χ1v) is 7.85. The molecule has 0 saturated heterocycles. The van der Waals surface area contributed by atoms with Gasteiger partial charge in [-0.15, -0.1) is 0 Å². The molecule has 1 aliphatic rings. The Hall–Kier alpha value is 0.350. The fourth-order valence-electron chi connectivity index (χ4n) is 1.31. The van der Waals surface area contributed by atoms with Crippen LogP contribution in [0, 0.1) is 0 Å². The summed E-state index contributed by atoms with van der Waals surface area (Å²) in [4.78, 5) is 0.951. The topological polar surface area (TPSA) is 47.0 Å². The summed E-state index contributed by atoms with van der Waals surface area (Å²) in [5.74, 6) is 0. The van der Waals surface area contributed by atoms with Gasteiger partial charge in [0, 0.05) is 22.0 Å². The number of rotatable bonds is 3. The van der Waals surface area contributed by atoms with Crippen LogP contribution in [0.1, 0.15) is 17.7 Å². The van der Waals surface area contributed by atoms with E-state index in [0.717, 1.165) is 9.35 Å². The molecule has 1 aromatic rings. The normalized spacial score (nSPS) is 19.6. The zero-order valence-corrected chi connectivity index (χ0v) is 11.0. The Labute approximate surface area is 99.2 Å². The van der Waals surface area contributed by atoms with Gasteiger partial charge < -0.3 is 0 Å². The third-order valence-electron chi connectivity index (χ3n) is 2.40. The molecule has 2 rings (SSSR count). The Morgan fingerprint density at radius 2 is 2.29 bits per heavy atom. The van der Waals surface area contributed by atoms with E-state index in [4.69, 9.17) is 10.7 Å². The first kappa shape index (κ1) is 10.9. The fourth-order valence-corrected chi connectivity index (χ4v) is 4.29. The molecule has 1 heterocycles. The lowest BCUT2D eigenvalue weighted by Gasteiger charge is -2.08. The molecule has 7 heteroatoms. The predicted octanol–water partition coefficient (Wildman–Crippen LogP) is 2.55. The van der Waals surface area contributed by atoms with E-state index in [1.165, 1.54) is 11.5 Å². The van der Waals surface area contributed by atoms with E-state index in [-0.39, 0.29) is 0 Å². The zero-order valence-electron chi connectivity index (χ0n) is 7.03. The summed E-state index contributed by atoms with van der Waals surface area (Å²) in [6.45, 7) is 0. The van der Waals surface area contributed by atoms with Crippen molar-refractivity contribution in [2.24, 2.45) is 0 Å². The molecule has 1 aliphatic carbocycles. The number of halogens is 2. The molecule has 0 spiro atoms. The molecule has 0 atom stereocenters. The third-order valence-corrected chi connectivity index (χ3v) is 6.71.